The number of Topliss-reactive ketones (excluding diaryl/α,β-unsaturated/α-hetero) is 1. The maximum Gasteiger partial charge on any atom is 0.308 e. The zero-order valence-electron chi connectivity index (χ0n) is 12.7. The number of nitrogens with zero attached hydrogens (tertiary/aromatic N) is 2. The van der Waals surface area contributed by atoms with E-state index < -0.39 is 11.9 Å². The summed E-state index contributed by atoms with van der Waals surface area (Å²) in [5, 5.41) is 0.300. The van der Waals surface area contributed by atoms with Gasteiger partial charge in [0.25, 0.3) is 5.88 Å². The molecule has 7 nitrogen and oxygen atoms in total. The fourth-order valence-corrected chi connectivity index (χ4v) is 2.78. The molecule has 118 valence electrons. The number of hydrogen-bond donors (Lipinski definition) is 0. The van der Waals surface area contributed by atoms with Crippen molar-refractivity contribution < 1.29 is 23.8 Å². The van der Waals surface area contributed by atoms with Gasteiger partial charge >= 0.3 is 5.97 Å². The number of methoxy groups -OCH3 is 3. The lowest BCUT2D eigenvalue weighted by molar-refractivity contribution is -0.144. The quantitative estimate of drug-likeness (QED) is 0.594. The molecular weight excluding hydrogens is 308 g/mol. The molecule has 2 aromatic heterocycles. The number of thiazole rings is 1. The monoisotopic (exact) mass is 324 g/mol. The van der Waals surface area contributed by atoms with Crippen LogP contribution in [0.1, 0.15) is 23.1 Å². The lowest BCUT2D eigenvalue weighted by atomic mass is 10.1. The van der Waals surface area contributed by atoms with Gasteiger partial charge in [-0.2, -0.15) is 4.98 Å². The molecule has 8 heteroatoms. The Bertz CT molecular complexity index is 672. The van der Waals surface area contributed by atoms with Gasteiger partial charge in [-0.25, -0.2) is 4.98 Å². The SMILES string of the molecule is COC(=O)[C@@H](C)CC(=O)c1nc2nc(OC)c(OC)cc2s1. The Labute approximate surface area is 131 Å². The molecule has 0 fully saturated rings. The average Bonchev–Trinajstić information content (AvgIpc) is 2.95. The van der Waals surface area contributed by atoms with Crippen LogP contribution in [0.4, 0.5) is 0 Å². The summed E-state index contributed by atoms with van der Waals surface area (Å²) in [6, 6.07) is 1.72. The third-order valence-electron chi connectivity index (χ3n) is 3.06. The van der Waals surface area contributed by atoms with E-state index in [0.717, 1.165) is 0 Å². The van der Waals surface area contributed by atoms with Crippen LogP contribution in [0.3, 0.4) is 0 Å². The van der Waals surface area contributed by atoms with Crippen LogP contribution < -0.4 is 9.47 Å². The predicted octanol–water partition coefficient (Wildman–Crippen LogP) is 2.09. The standard InChI is InChI=1S/C14H16N2O5S/c1-7(14(18)21-4)5-8(17)13-16-11-10(22-13)6-9(19-2)12(15-11)20-3/h6-7H,5H2,1-4H3/t7-/m0/s1. The molecule has 0 saturated carbocycles. The molecule has 0 aliphatic carbocycles. The van der Waals surface area contributed by atoms with Gasteiger partial charge in [-0.3, -0.25) is 9.59 Å². The van der Waals surface area contributed by atoms with E-state index in [1.165, 1.54) is 32.7 Å². The van der Waals surface area contributed by atoms with Crippen molar-refractivity contribution in [3.05, 3.63) is 11.1 Å². The Kier molecular flexibility index (Phi) is 4.92. The molecular formula is C14H16N2O5S. The Morgan fingerprint density at radius 2 is 1.95 bits per heavy atom. The van der Waals surface area contributed by atoms with Crippen LogP contribution in [0.2, 0.25) is 0 Å². The first-order chi connectivity index (χ1) is 10.5. The van der Waals surface area contributed by atoms with E-state index in [1.807, 2.05) is 0 Å². The van der Waals surface area contributed by atoms with E-state index >= 15 is 0 Å². The summed E-state index contributed by atoms with van der Waals surface area (Å²) < 4.78 is 15.6. The lowest BCUT2D eigenvalue weighted by Crippen LogP contribution is -2.16. The maximum absolute atomic E-state index is 12.2. The Morgan fingerprint density at radius 1 is 1.23 bits per heavy atom. The summed E-state index contributed by atoms with van der Waals surface area (Å²) in [4.78, 5) is 32.0. The highest BCUT2D eigenvalue weighted by Gasteiger charge is 2.22. The zero-order chi connectivity index (χ0) is 16.3. The minimum Gasteiger partial charge on any atom is -0.491 e. The van der Waals surface area contributed by atoms with Crippen LogP contribution in [0.5, 0.6) is 11.6 Å². The molecule has 0 saturated heterocycles. The van der Waals surface area contributed by atoms with Gasteiger partial charge in [-0.15, -0.1) is 11.3 Å². The molecule has 0 bridgehead atoms. The topological polar surface area (TPSA) is 87.6 Å². The smallest absolute Gasteiger partial charge is 0.308 e. The fraction of sp³-hybridized carbons (Fsp3) is 0.429. The first-order valence-corrected chi connectivity index (χ1v) is 7.32. The van der Waals surface area contributed by atoms with Gasteiger partial charge in [0.1, 0.15) is 0 Å². The molecule has 0 aromatic carbocycles. The van der Waals surface area contributed by atoms with Crippen molar-refractivity contribution in [3.63, 3.8) is 0 Å². The maximum atomic E-state index is 12.2. The number of esters is 1. The molecule has 0 amide bonds. The van der Waals surface area contributed by atoms with Gasteiger partial charge in [0.2, 0.25) is 0 Å². The van der Waals surface area contributed by atoms with Crippen LogP contribution in [0, 0.1) is 5.92 Å². The van der Waals surface area contributed by atoms with Gasteiger partial charge in [0, 0.05) is 12.5 Å². The second-order valence-electron chi connectivity index (χ2n) is 4.59. The molecule has 0 N–H and O–H groups in total. The number of rotatable bonds is 6. The van der Waals surface area contributed by atoms with Gasteiger partial charge < -0.3 is 14.2 Å². The minimum atomic E-state index is -0.512. The van der Waals surface area contributed by atoms with E-state index in [4.69, 9.17) is 9.47 Å². The Balaban J connectivity index is 2.29. The van der Waals surface area contributed by atoms with Crippen LogP contribution in [-0.4, -0.2) is 43.0 Å². The number of carbonyl (C=O) groups excluding carboxylic acids is 2. The van der Waals surface area contributed by atoms with Crippen LogP contribution in [0.25, 0.3) is 10.3 Å². The first-order valence-electron chi connectivity index (χ1n) is 6.50. The third-order valence-corrected chi connectivity index (χ3v) is 4.09. The molecule has 22 heavy (non-hydrogen) atoms. The predicted molar refractivity (Wildman–Crippen MR) is 80.6 cm³/mol. The normalized spacial score (nSPS) is 12.0. The molecule has 2 aromatic rings. The van der Waals surface area contributed by atoms with Crippen molar-refractivity contribution in [2.45, 2.75) is 13.3 Å². The number of fused-ring (bicyclic) bond motifs is 1. The van der Waals surface area contributed by atoms with Gasteiger partial charge in [0.15, 0.2) is 22.2 Å². The number of pyridine rings is 1. The molecule has 0 radical (unpaired) electrons. The highest BCUT2D eigenvalue weighted by molar-refractivity contribution is 7.20. The van der Waals surface area contributed by atoms with Crippen molar-refractivity contribution in [2.24, 2.45) is 5.92 Å². The summed E-state index contributed by atoms with van der Waals surface area (Å²) in [5.41, 5.74) is 0.414. The van der Waals surface area contributed by atoms with Crippen LogP contribution in [-0.2, 0) is 9.53 Å². The van der Waals surface area contributed by atoms with Crippen molar-refractivity contribution in [1.29, 1.82) is 0 Å². The molecule has 0 spiro atoms. The number of ether oxygens (including phenoxy) is 3. The molecule has 0 aliphatic heterocycles. The van der Waals surface area contributed by atoms with Crippen molar-refractivity contribution in [3.8, 4) is 11.6 Å². The lowest BCUT2D eigenvalue weighted by Gasteiger charge is -2.05. The van der Waals surface area contributed by atoms with Crippen LogP contribution in [0.15, 0.2) is 6.07 Å². The fourth-order valence-electron chi connectivity index (χ4n) is 1.89. The van der Waals surface area contributed by atoms with E-state index in [2.05, 4.69) is 14.7 Å². The molecule has 0 aliphatic rings. The molecule has 2 rings (SSSR count). The summed E-state index contributed by atoms with van der Waals surface area (Å²) in [6.45, 7) is 1.64. The highest BCUT2D eigenvalue weighted by Crippen LogP contribution is 2.32. The highest BCUT2D eigenvalue weighted by atomic mass is 32.1. The van der Waals surface area contributed by atoms with Gasteiger partial charge in [-0.05, 0) is 0 Å². The molecule has 1 atom stereocenters. The largest absolute Gasteiger partial charge is 0.491 e. The van der Waals surface area contributed by atoms with Crippen molar-refractivity contribution in [1.82, 2.24) is 9.97 Å². The zero-order valence-corrected chi connectivity index (χ0v) is 13.5. The second-order valence-corrected chi connectivity index (χ2v) is 5.62. The number of hydrogen-bond acceptors (Lipinski definition) is 8. The summed E-state index contributed by atoms with van der Waals surface area (Å²) in [7, 11) is 4.28. The van der Waals surface area contributed by atoms with E-state index in [0.29, 0.717) is 27.0 Å². The van der Waals surface area contributed by atoms with Crippen LogP contribution >= 0.6 is 11.3 Å². The summed E-state index contributed by atoms with van der Waals surface area (Å²) in [5.74, 6) is -0.376. The minimum absolute atomic E-state index is 0.0424. The van der Waals surface area contributed by atoms with E-state index in [1.54, 1.807) is 13.0 Å². The molecule has 0 unspecified atom stereocenters. The Morgan fingerprint density at radius 3 is 2.55 bits per heavy atom. The van der Waals surface area contributed by atoms with Gasteiger partial charge in [-0.1, -0.05) is 6.92 Å². The van der Waals surface area contributed by atoms with E-state index in [9.17, 15) is 9.59 Å². The van der Waals surface area contributed by atoms with Gasteiger partial charge in [0.05, 0.1) is 31.9 Å². The second kappa shape index (κ2) is 6.69. The average molecular weight is 324 g/mol. The third kappa shape index (κ3) is 3.16. The van der Waals surface area contributed by atoms with Crippen molar-refractivity contribution >= 4 is 33.4 Å². The number of aromatic nitrogens is 2. The van der Waals surface area contributed by atoms with Crippen molar-refractivity contribution in [2.75, 3.05) is 21.3 Å². The summed E-state index contributed by atoms with van der Waals surface area (Å²) in [6.07, 6.45) is 0.0424. The van der Waals surface area contributed by atoms with E-state index in [-0.39, 0.29) is 12.2 Å². The Hall–Kier alpha value is -2.22. The summed E-state index contributed by atoms with van der Waals surface area (Å²) >= 11 is 1.20. The molecule has 2 heterocycles. The first kappa shape index (κ1) is 16.2. The number of ketones is 1. The number of carbonyl (C=O) groups is 2.